The van der Waals surface area contributed by atoms with E-state index in [1.165, 1.54) is 15.9 Å². The highest BCUT2D eigenvalue weighted by Crippen LogP contribution is 2.30. The van der Waals surface area contributed by atoms with Crippen LogP contribution in [0.4, 0.5) is 0 Å². The van der Waals surface area contributed by atoms with E-state index in [0.29, 0.717) is 15.5 Å². The molecule has 0 aliphatic heterocycles. The second kappa shape index (κ2) is 3.63. The molecule has 0 bridgehead atoms. The van der Waals surface area contributed by atoms with Crippen LogP contribution in [0.3, 0.4) is 0 Å². The normalized spacial score (nSPS) is 10.8. The number of phenolic OH excluding ortho intramolecular Hbond substituents is 1. The largest absolute Gasteiger partial charge is 0.507 e. The van der Waals surface area contributed by atoms with Crippen LogP contribution in [0.2, 0.25) is 0 Å². The van der Waals surface area contributed by atoms with Crippen molar-refractivity contribution in [2.45, 2.75) is 0 Å². The Kier molecular flexibility index (Phi) is 2.12. The predicted molar refractivity (Wildman–Crippen MR) is 62.0 cm³/mol. The minimum atomic E-state index is -0.340. The lowest BCUT2D eigenvalue weighted by Crippen LogP contribution is -2.14. The van der Waals surface area contributed by atoms with E-state index in [0.717, 1.165) is 6.20 Å². The van der Waals surface area contributed by atoms with Crippen LogP contribution in [0.5, 0.6) is 5.75 Å². The lowest BCUT2D eigenvalue weighted by Gasteiger charge is -1.97. The summed E-state index contributed by atoms with van der Waals surface area (Å²) in [7, 11) is 0. The van der Waals surface area contributed by atoms with E-state index in [2.05, 4.69) is 15.3 Å². The smallest absolute Gasteiger partial charge is 0.293 e. The number of phenols is 1. The van der Waals surface area contributed by atoms with Crippen LogP contribution in [0, 0.1) is 0 Å². The summed E-state index contributed by atoms with van der Waals surface area (Å²) in [5, 5.41) is 21.7. The Bertz CT molecular complexity index is 749. The van der Waals surface area contributed by atoms with Crippen LogP contribution in [-0.2, 0) is 0 Å². The van der Waals surface area contributed by atoms with Crippen molar-refractivity contribution >= 4 is 16.3 Å². The fraction of sp³-hybridized carbons (Fsp3) is 0. The third-order valence-electron chi connectivity index (χ3n) is 2.21. The van der Waals surface area contributed by atoms with Crippen molar-refractivity contribution in [1.82, 2.24) is 19.8 Å². The van der Waals surface area contributed by atoms with Gasteiger partial charge >= 0.3 is 0 Å². The van der Waals surface area contributed by atoms with Gasteiger partial charge in [-0.25, -0.2) is 0 Å². The zero-order valence-electron chi connectivity index (χ0n) is 8.44. The van der Waals surface area contributed by atoms with E-state index in [1.54, 1.807) is 24.3 Å². The van der Waals surface area contributed by atoms with Crippen molar-refractivity contribution in [1.29, 1.82) is 0 Å². The summed E-state index contributed by atoms with van der Waals surface area (Å²) in [5.41, 5.74) is 0.232. The van der Waals surface area contributed by atoms with E-state index >= 15 is 0 Å². The monoisotopic (exact) mass is 246 g/mol. The Hall–Kier alpha value is -2.28. The summed E-state index contributed by atoms with van der Waals surface area (Å²) >= 11 is 1.20. The highest BCUT2D eigenvalue weighted by Gasteiger charge is 2.11. The maximum Gasteiger partial charge on any atom is 0.293 e. The van der Waals surface area contributed by atoms with Gasteiger partial charge in [0.15, 0.2) is 5.01 Å². The first-order valence-corrected chi connectivity index (χ1v) is 5.57. The number of benzene rings is 1. The van der Waals surface area contributed by atoms with Crippen molar-refractivity contribution in [3.05, 3.63) is 40.8 Å². The third kappa shape index (κ3) is 1.56. The van der Waals surface area contributed by atoms with E-state index in [9.17, 15) is 9.90 Å². The van der Waals surface area contributed by atoms with Gasteiger partial charge in [-0.15, -0.1) is 5.10 Å². The summed E-state index contributed by atoms with van der Waals surface area (Å²) < 4.78 is 1.17. The molecule has 1 N–H and O–H groups in total. The molecule has 0 unspecified atom stereocenters. The maximum atomic E-state index is 11.5. The summed E-state index contributed by atoms with van der Waals surface area (Å²) in [6.07, 6.45) is 1.10. The van der Waals surface area contributed by atoms with E-state index in [4.69, 9.17) is 0 Å². The first kappa shape index (κ1) is 9.91. The molecular weight excluding hydrogens is 240 g/mol. The zero-order valence-corrected chi connectivity index (χ0v) is 9.26. The average Bonchev–Trinajstić information content (AvgIpc) is 2.75. The molecule has 84 valence electrons. The van der Waals surface area contributed by atoms with Crippen LogP contribution < -0.4 is 5.56 Å². The van der Waals surface area contributed by atoms with Crippen molar-refractivity contribution in [2.75, 3.05) is 0 Å². The molecule has 6 nitrogen and oxygen atoms in total. The minimum Gasteiger partial charge on any atom is -0.507 e. The summed E-state index contributed by atoms with van der Waals surface area (Å²) in [4.78, 5) is 11.8. The Balaban J connectivity index is 2.30. The van der Waals surface area contributed by atoms with Crippen LogP contribution in [0.25, 0.3) is 15.5 Å². The summed E-state index contributed by atoms with van der Waals surface area (Å²) in [5.74, 6) is 0.118. The lowest BCUT2D eigenvalue weighted by atomic mass is 10.2. The molecule has 3 aromatic rings. The lowest BCUT2D eigenvalue weighted by molar-refractivity contribution is 0.477. The fourth-order valence-electron chi connectivity index (χ4n) is 1.44. The molecule has 0 aliphatic carbocycles. The first-order valence-electron chi connectivity index (χ1n) is 4.75. The zero-order chi connectivity index (χ0) is 11.8. The van der Waals surface area contributed by atoms with Gasteiger partial charge in [0, 0.05) is 0 Å². The van der Waals surface area contributed by atoms with Crippen molar-refractivity contribution < 1.29 is 5.11 Å². The topological polar surface area (TPSA) is 80.4 Å². The Morgan fingerprint density at radius 2 is 2.12 bits per heavy atom. The minimum absolute atomic E-state index is 0.118. The van der Waals surface area contributed by atoms with Crippen LogP contribution in [0.1, 0.15) is 0 Å². The number of para-hydroxylation sites is 1. The van der Waals surface area contributed by atoms with Crippen molar-refractivity contribution in [2.24, 2.45) is 0 Å². The van der Waals surface area contributed by atoms with Gasteiger partial charge < -0.3 is 5.11 Å². The van der Waals surface area contributed by atoms with E-state index < -0.39 is 0 Å². The van der Waals surface area contributed by atoms with Gasteiger partial charge in [-0.2, -0.15) is 14.7 Å². The molecule has 7 heteroatoms. The number of hydrogen-bond acceptors (Lipinski definition) is 6. The second-order valence-electron chi connectivity index (χ2n) is 3.30. The predicted octanol–water partition coefficient (Wildman–Crippen LogP) is 0.919. The quantitative estimate of drug-likeness (QED) is 0.690. The Labute approximate surface area is 98.8 Å². The number of aromatic nitrogens is 4. The SMILES string of the molecule is O=c1cnnc2sc(-c3ccccc3O)nn12. The van der Waals surface area contributed by atoms with E-state index in [-0.39, 0.29) is 11.3 Å². The van der Waals surface area contributed by atoms with Gasteiger partial charge in [0.05, 0.1) is 5.56 Å². The molecule has 1 aromatic carbocycles. The van der Waals surface area contributed by atoms with Gasteiger partial charge in [-0.3, -0.25) is 4.79 Å². The standard InChI is InChI=1S/C10H6N4O2S/c15-7-4-2-1-3-6(7)9-13-14-8(16)5-11-12-10(14)17-9/h1-5,15H. The summed E-state index contributed by atoms with van der Waals surface area (Å²) in [6, 6.07) is 6.80. The highest BCUT2D eigenvalue weighted by molar-refractivity contribution is 7.19. The molecule has 0 saturated carbocycles. The molecule has 0 spiro atoms. The molecule has 2 heterocycles. The Morgan fingerprint density at radius 1 is 1.29 bits per heavy atom. The highest BCUT2D eigenvalue weighted by atomic mass is 32.1. The molecule has 0 amide bonds. The van der Waals surface area contributed by atoms with Crippen LogP contribution >= 0.6 is 11.3 Å². The number of nitrogens with zero attached hydrogens (tertiary/aromatic N) is 4. The number of rotatable bonds is 1. The average molecular weight is 246 g/mol. The van der Waals surface area contributed by atoms with Crippen molar-refractivity contribution in [3.63, 3.8) is 0 Å². The molecule has 0 saturated heterocycles. The molecule has 2 aromatic heterocycles. The second-order valence-corrected chi connectivity index (χ2v) is 4.26. The molecule has 0 fully saturated rings. The fourth-order valence-corrected chi connectivity index (χ4v) is 2.32. The number of hydrogen-bond donors (Lipinski definition) is 1. The molecule has 0 atom stereocenters. The van der Waals surface area contributed by atoms with Gasteiger partial charge in [-0.05, 0) is 12.1 Å². The molecule has 3 rings (SSSR count). The maximum absolute atomic E-state index is 11.5. The molecular formula is C10H6N4O2S. The van der Waals surface area contributed by atoms with Gasteiger partial charge in [0.25, 0.3) is 5.56 Å². The first-order chi connectivity index (χ1) is 8.25. The molecule has 17 heavy (non-hydrogen) atoms. The Morgan fingerprint density at radius 3 is 2.88 bits per heavy atom. The third-order valence-corrected chi connectivity index (χ3v) is 3.15. The van der Waals surface area contributed by atoms with Crippen LogP contribution in [-0.4, -0.2) is 24.9 Å². The summed E-state index contributed by atoms with van der Waals surface area (Å²) in [6.45, 7) is 0. The van der Waals surface area contributed by atoms with E-state index in [1.807, 2.05) is 0 Å². The molecule has 0 radical (unpaired) electrons. The van der Waals surface area contributed by atoms with Gasteiger partial charge in [-0.1, -0.05) is 23.5 Å². The molecule has 0 aliphatic rings. The van der Waals surface area contributed by atoms with Gasteiger partial charge in [0.1, 0.15) is 11.9 Å². The van der Waals surface area contributed by atoms with Crippen molar-refractivity contribution in [3.8, 4) is 16.3 Å². The van der Waals surface area contributed by atoms with Gasteiger partial charge in [0.2, 0.25) is 4.96 Å². The number of fused-ring (bicyclic) bond motifs is 1. The van der Waals surface area contributed by atoms with Crippen LogP contribution in [0.15, 0.2) is 35.3 Å². The number of aromatic hydroxyl groups is 1.